The molecule has 0 aliphatic heterocycles. The Balaban J connectivity index is 2.52. The minimum Gasteiger partial charge on any atom is -0.385 e. The number of benzene rings is 1. The van der Waals surface area contributed by atoms with Crippen LogP contribution in [0.2, 0.25) is 0 Å². The van der Waals surface area contributed by atoms with Crippen LogP contribution in [0.5, 0.6) is 0 Å². The van der Waals surface area contributed by atoms with Gasteiger partial charge in [-0.15, -0.1) is 0 Å². The topological polar surface area (TPSA) is 48.3 Å². The van der Waals surface area contributed by atoms with Crippen molar-refractivity contribution in [3.05, 3.63) is 47.8 Å². The summed E-state index contributed by atoms with van der Waals surface area (Å²) in [7, 11) is 1.63. The van der Waals surface area contributed by atoms with Gasteiger partial charge in [0.1, 0.15) is 5.69 Å². The Morgan fingerprint density at radius 3 is 2.50 bits per heavy atom. The lowest BCUT2D eigenvalue weighted by atomic mass is 10.0. The summed E-state index contributed by atoms with van der Waals surface area (Å²) in [4.78, 5) is 23.7. The monoisotopic (exact) mass is 319 g/mol. The van der Waals surface area contributed by atoms with Crippen molar-refractivity contribution in [3.63, 3.8) is 0 Å². The molecule has 2 aromatic rings. The Kier molecular flexibility index (Phi) is 5.52. The molecule has 0 spiro atoms. The van der Waals surface area contributed by atoms with E-state index in [4.69, 9.17) is 16.3 Å². The molecule has 1 aromatic heterocycles. The molecule has 1 heterocycles. The third-order valence-electron chi connectivity index (χ3n) is 3.51. The molecule has 116 valence electrons. The van der Waals surface area contributed by atoms with Gasteiger partial charge in [0.05, 0.1) is 0 Å². The van der Waals surface area contributed by atoms with Crippen molar-refractivity contribution in [1.29, 1.82) is 0 Å². The molecule has 0 atom stereocenters. The summed E-state index contributed by atoms with van der Waals surface area (Å²) in [5.41, 5.74) is 2.88. The molecule has 0 N–H and O–H groups in total. The van der Waals surface area contributed by atoms with Crippen molar-refractivity contribution in [2.45, 2.75) is 19.9 Å². The average Bonchev–Trinajstić information content (AvgIpc) is 2.84. The summed E-state index contributed by atoms with van der Waals surface area (Å²) in [5, 5.41) is -0.969. The van der Waals surface area contributed by atoms with Gasteiger partial charge in [-0.25, -0.2) is 0 Å². The number of nitrogens with zero attached hydrogens (tertiary/aromatic N) is 1. The summed E-state index contributed by atoms with van der Waals surface area (Å²) in [6.45, 7) is 3.09. The van der Waals surface area contributed by atoms with Crippen LogP contribution in [0.4, 0.5) is 0 Å². The van der Waals surface area contributed by atoms with Gasteiger partial charge in [-0.3, -0.25) is 9.59 Å². The molecule has 1 aromatic carbocycles. The lowest BCUT2D eigenvalue weighted by Gasteiger charge is -2.11. The van der Waals surface area contributed by atoms with Crippen molar-refractivity contribution in [2.75, 3.05) is 13.7 Å². The largest absolute Gasteiger partial charge is 0.385 e. The Morgan fingerprint density at radius 2 is 1.91 bits per heavy atom. The zero-order valence-corrected chi connectivity index (χ0v) is 13.4. The molecule has 4 nitrogen and oxygen atoms in total. The number of methoxy groups -OCH3 is 1. The molecule has 5 heteroatoms. The molecule has 2 rings (SSSR count). The Bertz CT molecular complexity index is 677. The molecule has 0 fully saturated rings. The number of hydrogen-bond donors (Lipinski definition) is 0. The van der Waals surface area contributed by atoms with Gasteiger partial charge >= 0.3 is 0 Å². The van der Waals surface area contributed by atoms with Crippen LogP contribution in [-0.4, -0.2) is 29.3 Å². The number of carbonyl (C=O) groups is 2. The van der Waals surface area contributed by atoms with Crippen molar-refractivity contribution in [1.82, 2.24) is 4.57 Å². The Labute approximate surface area is 134 Å². The van der Waals surface area contributed by atoms with E-state index in [9.17, 15) is 9.59 Å². The molecule has 0 amide bonds. The number of halogens is 1. The van der Waals surface area contributed by atoms with E-state index in [0.29, 0.717) is 18.8 Å². The number of rotatable bonds is 7. The fraction of sp³-hybridized carbons (Fsp3) is 0.294. The molecule has 0 bridgehead atoms. The Morgan fingerprint density at radius 1 is 1.23 bits per heavy atom. The fourth-order valence-corrected chi connectivity index (χ4v) is 2.60. The molecule has 0 unspecified atom stereocenters. The van der Waals surface area contributed by atoms with Gasteiger partial charge < -0.3 is 9.30 Å². The predicted molar refractivity (Wildman–Crippen MR) is 86.3 cm³/mol. The molecule has 22 heavy (non-hydrogen) atoms. The van der Waals surface area contributed by atoms with Crippen molar-refractivity contribution < 1.29 is 14.3 Å². The maximum atomic E-state index is 12.3. The third kappa shape index (κ3) is 3.46. The number of ketones is 1. The van der Waals surface area contributed by atoms with Crippen LogP contribution in [0.3, 0.4) is 0 Å². The van der Waals surface area contributed by atoms with Crippen molar-refractivity contribution in [2.24, 2.45) is 0 Å². The van der Waals surface area contributed by atoms with E-state index in [2.05, 4.69) is 0 Å². The molecular weight excluding hydrogens is 302 g/mol. The molecule has 0 saturated heterocycles. The van der Waals surface area contributed by atoms with Crippen molar-refractivity contribution in [3.8, 4) is 11.1 Å². The van der Waals surface area contributed by atoms with Gasteiger partial charge in [0.2, 0.25) is 0 Å². The van der Waals surface area contributed by atoms with E-state index >= 15 is 0 Å². The van der Waals surface area contributed by atoms with E-state index in [0.717, 1.165) is 23.2 Å². The van der Waals surface area contributed by atoms with E-state index in [1.807, 2.05) is 47.9 Å². The first-order valence-electron chi connectivity index (χ1n) is 7.05. The fourth-order valence-electron chi connectivity index (χ4n) is 2.51. The van der Waals surface area contributed by atoms with Gasteiger partial charge in [0.25, 0.3) is 11.0 Å². The van der Waals surface area contributed by atoms with Crippen molar-refractivity contribution >= 4 is 22.6 Å². The molecular formula is C17H18ClNO3. The van der Waals surface area contributed by atoms with Gasteiger partial charge in [-0.1, -0.05) is 30.3 Å². The van der Waals surface area contributed by atoms with E-state index < -0.39 is 11.0 Å². The molecule has 0 saturated carbocycles. The van der Waals surface area contributed by atoms with Gasteiger partial charge in [-0.05, 0) is 36.6 Å². The number of aromatic nitrogens is 1. The van der Waals surface area contributed by atoms with Gasteiger partial charge in [-0.2, -0.15) is 0 Å². The highest BCUT2D eigenvalue weighted by molar-refractivity contribution is 6.83. The SMILES string of the molecule is COCCCn1c(C)cc(-c2ccccc2)c1C(=O)C(=O)Cl. The lowest BCUT2D eigenvalue weighted by Crippen LogP contribution is -2.17. The molecule has 0 radical (unpaired) electrons. The second-order valence-electron chi connectivity index (χ2n) is 5.01. The second-order valence-corrected chi connectivity index (χ2v) is 5.36. The number of aryl methyl sites for hydroxylation is 1. The second kappa shape index (κ2) is 7.38. The highest BCUT2D eigenvalue weighted by Gasteiger charge is 2.24. The summed E-state index contributed by atoms with van der Waals surface area (Å²) in [5.74, 6) is -0.675. The summed E-state index contributed by atoms with van der Waals surface area (Å²) < 4.78 is 6.89. The number of hydrogen-bond acceptors (Lipinski definition) is 3. The van der Waals surface area contributed by atoms with Crippen LogP contribution in [0, 0.1) is 6.92 Å². The number of ether oxygens (including phenoxy) is 1. The van der Waals surface area contributed by atoms with Crippen LogP contribution in [-0.2, 0) is 16.1 Å². The third-order valence-corrected chi connectivity index (χ3v) is 3.68. The quantitative estimate of drug-likeness (QED) is 0.340. The van der Waals surface area contributed by atoms with Crippen LogP contribution in [0.25, 0.3) is 11.1 Å². The van der Waals surface area contributed by atoms with E-state index in [1.165, 1.54) is 0 Å². The minimum absolute atomic E-state index is 0.347. The average molecular weight is 320 g/mol. The van der Waals surface area contributed by atoms with E-state index in [-0.39, 0.29) is 0 Å². The smallest absolute Gasteiger partial charge is 0.294 e. The first kappa shape index (κ1) is 16.5. The number of Topliss-reactive ketones (excluding diaryl/α,β-unsaturated/α-hetero) is 1. The maximum absolute atomic E-state index is 12.3. The number of carbonyl (C=O) groups excluding carboxylic acids is 2. The van der Waals surface area contributed by atoms with Crippen LogP contribution >= 0.6 is 11.6 Å². The Hall–Kier alpha value is -1.91. The summed E-state index contributed by atoms with van der Waals surface area (Å²) in [6, 6.07) is 11.4. The minimum atomic E-state index is -0.969. The predicted octanol–water partition coefficient (Wildman–Crippen LogP) is 3.45. The highest BCUT2D eigenvalue weighted by atomic mass is 35.5. The van der Waals surface area contributed by atoms with Gasteiger partial charge in [0.15, 0.2) is 0 Å². The summed E-state index contributed by atoms with van der Waals surface area (Å²) in [6.07, 6.45) is 0.747. The molecule has 0 aliphatic carbocycles. The van der Waals surface area contributed by atoms with Crippen LogP contribution < -0.4 is 0 Å². The highest BCUT2D eigenvalue weighted by Crippen LogP contribution is 2.28. The van der Waals surface area contributed by atoms with Crippen LogP contribution in [0.1, 0.15) is 22.6 Å². The maximum Gasteiger partial charge on any atom is 0.294 e. The summed E-state index contributed by atoms with van der Waals surface area (Å²) >= 11 is 5.44. The normalized spacial score (nSPS) is 10.7. The first-order chi connectivity index (χ1) is 10.6. The zero-order chi connectivity index (χ0) is 16.1. The lowest BCUT2D eigenvalue weighted by molar-refractivity contribution is -0.108. The zero-order valence-electron chi connectivity index (χ0n) is 12.6. The molecule has 0 aliphatic rings. The standard InChI is InChI=1S/C17H18ClNO3/c1-12-11-14(13-7-4-3-5-8-13)15(16(20)17(18)21)19(12)9-6-10-22-2/h3-5,7-8,11H,6,9-10H2,1-2H3. The first-order valence-corrected chi connectivity index (χ1v) is 7.42. The van der Waals surface area contributed by atoms with Gasteiger partial charge in [0, 0.05) is 31.5 Å². The van der Waals surface area contributed by atoms with E-state index in [1.54, 1.807) is 7.11 Å². The van der Waals surface area contributed by atoms with Crippen LogP contribution in [0.15, 0.2) is 36.4 Å².